The zero-order valence-electron chi connectivity index (χ0n) is 26.3. The molecule has 0 bridgehead atoms. The van der Waals surface area contributed by atoms with Gasteiger partial charge in [-0.25, -0.2) is 9.79 Å². The number of methoxy groups -OCH3 is 1. The van der Waals surface area contributed by atoms with E-state index in [0.29, 0.717) is 55.7 Å². The Hall–Kier alpha value is -5.16. The van der Waals surface area contributed by atoms with E-state index in [0.717, 1.165) is 11.1 Å². The van der Waals surface area contributed by atoms with Gasteiger partial charge in [-0.15, -0.1) is 0 Å². The van der Waals surface area contributed by atoms with Crippen molar-refractivity contribution in [3.05, 3.63) is 114 Å². The molecule has 1 aliphatic rings. The van der Waals surface area contributed by atoms with Crippen molar-refractivity contribution in [2.24, 2.45) is 4.99 Å². The largest absolute Gasteiger partial charge is 0.495 e. The number of carbonyl (C=O) groups is 2. The first-order valence-electron chi connectivity index (χ1n) is 14.8. The normalized spacial score (nSPS) is 14.3. The first-order chi connectivity index (χ1) is 22.2. The first-order valence-corrected chi connectivity index (χ1v) is 15.6. The molecule has 0 aliphatic carbocycles. The molecular formula is C35H35N3O7S. The smallest absolute Gasteiger partial charge is 0.338 e. The minimum Gasteiger partial charge on any atom is -0.495 e. The van der Waals surface area contributed by atoms with Crippen LogP contribution >= 0.6 is 11.3 Å². The molecule has 0 radical (unpaired) electrons. The number of thiazole rings is 1. The number of carbonyl (C=O) groups excluding carboxylic acids is 2. The number of benzene rings is 3. The third kappa shape index (κ3) is 6.89. The third-order valence-corrected chi connectivity index (χ3v) is 8.20. The Morgan fingerprint density at radius 1 is 0.957 bits per heavy atom. The Morgan fingerprint density at radius 3 is 2.43 bits per heavy atom. The lowest BCUT2D eigenvalue weighted by atomic mass is 9.95. The fourth-order valence-corrected chi connectivity index (χ4v) is 6.13. The minimum atomic E-state index is -0.685. The Bertz CT molecular complexity index is 1980. The van der Waals surface area contributed by atoms with E-state index >= 15 is 0 Å². The lowest BCUT2D eigenvalue weighted by Crippen LogP contribution is -2.39. The van der Waals surface area contributed by atoms with Crippen LogP contribution in [0.4, 0.5) is 5.69 Å². The highest BCUT2D eigenvalue weighted by atomic mass is 32.1. The van der Waals surface area contributed by atoms with E-state index in [4.69, 9.17) is 18.9 Å². The van der Waals surface area contributed by atoms with Crippen LogP contribution in [0.15, 0.2) is 87.8 Å². The quantitative estimate of drug-likeness (QED) is 0.239. The molecule has 0 saturated heterocycles. The van der Waals surface area contributed by atoms with Gasteiger partial charge in [-0.3, -0.25) is 14.2 Å². The van der Waals surface area contributed by atoms with Crippen molar-refractivity contribution in [2.75, 3.05) is 32.2 Å². The molecule has 46 heavy (non-hydrogen) atoms. The van der Waals surface area contributed by atoms with Crippen molar-refractivity contribution in [1.82, 2.24) is 4.57 Å². The van der Waals surface area contributed by atoms with Gasteiger partial charge in [0.1, 0.15) is 5.75 Å². The van der Waals surface area contributed by atoms with Gasteiger partial charge < -0.3 is 24.3 Å². The van der Waals surface area contributed by atoms with Gasteiger partial charge in [0.15, 0.2) is 22.9 Å². The van der Waals surface area contributed by atoms with Crippen molar-refractivity contribution < 1.29 is 28.5 Å². The second-order valence-corrected chi connectivity index (χ2v) is 11.4. The zero-order chi connectivity index (χ0) is 32.8. The fourth-order valence-electron chi connectivity index (χ4n) is 5.09. The highest BCUT2D eigenvalue weighted by Gasteiger charge is 2.33. The number of ether oxygens (including phenoxy) is 4. The summed E-state index contributed by atoms with van der Waals surface area (Å²) in [4.78, 5) is 44.8. The Morgan fingerprint density at radius 2 is 1.72 bits per heavy atom. The molecule has 11 heteroatoms. The maximum absolute atomic E-state index is 14.0. The van der Waals surface area contributed by atoms with Crippen molar-refractivity contribution in [3.8, 4) is 17.2 Å². The molecule has 3 aromatic carbocycles. The van der Waals surface area contributed by atoms with Gasteiger partial charge in [0.05, 0.1) is 47.9 Å². The molecule has 0 unspecified atom stereocenters. The maximum Gasteiger partial charge on any atom is 0.338 e. The number of nitrogens with zero attached hydrogens (tertiary/aromatic N) is 2. The number of para-hydroxylation sites is 2. The lowest BCUT2D eigenvalue weighted by molar-refractivity contribution is -0.139. The molecule has 1 N–H and O–H groups in total. The minimum absolute atomic E-state index is 0.203. The SMILES string of the molecule is CCOC(=O)C1=C(C)N=c2s/c(=C/c3ccc(OCC(=O)Nc4ccccc4OC)c(OCC)c3)c(=O)n2[C@@H]1c1ccc(C)cc1. The van der Waals surface area contributed by atoms with Crippen molar-refractivity contribution >= 4 is 35.0 Å². The molecule has 0 spiro atoms. The maximum atomic E-state index is 14.0. The van der Waals surface area contributed by atoms with Crippen LogP contribution in [0.1, 0.15) is 43.5 Å². The average Bonchev–Trinajstić information content (AvgIpc) is 3.34. The summed E-state index contributed by atoms with van der Waals surface area (Å²) in [5, 5.41) is 2.78. The molecule has 5 rings (SSSR count). The molecule has 0 saturated carbocycles. The number of rotatable bonds is 11. The van der Waals surface area contributed by atoms with Crippen LogP contribution in [-0.4, -0.2) is 43.4 Å². The average molecular weight is 642 g/mol. The number of anilines is 1. The molecule has 4 aromatic rings. The number of esters is 1. The molecule has 10 nitrogen and oxygen atoms in total. The van der Waals surface area contributed by atoms with Crippen molar-refractivity contribution in [1.29, 1.82) is 0 Å². The summed E-state index contributed by atoms with van der Waals surface area (Å²) in [6, 6.07) is 19.4. The molecule has 1 amide bonds. The van der Waals surface area contributed by atoms with E-state index in [2.05, 4.69) is 10.3 Å². The van der Waals surface area contributed by atoms with E-state index < -0.39 is 12.0 Å². The van der Waals surface area contributed by atoms with Crippen LogP contribution in [0.2, 0.25) is 0 Å². The zero-order valence-corrected chi connectivity index (χ0v) is 27.1. The van der Waals surface area contributed by atoms with Gasteiger partial charge in [-0.2, -0.15) is 0 Å². The molecule has 0 fully saturated rings. The molecule has 1 atom stereocenters. The van der Waals surface area contributed by atoms with Crippen LogP contribution in [-0.2, 0) is 14.3 Å². The number of fused-ring (bicyclic) bond motifs is 1. The van der Waals surface area contributed by atoms with Gasteiger partial charge in [0.2, 0.25) is 0 Å². The van der Waals surface area contributed by atoms with E-state index in [-0.39, 0.29) is 24.7 Å². The van der Waals surface area contributed by atoms with Crippen LogP contribution in [0.3, 0.4) is 0 Å². The molecule has 238 valence electrons. The topological polar surface area (TPSA) is 117 Å². The van der Waals surface area contributed by atoms with Crippen molar-refractivity contribution in [3.63, 3.8) is 0 Å². The summed E-state index contributed by atoms with van der Waals surface area (Å²) in [7, 11) is 1.53. The highest BCUT2D eigenvalue weighted by molar-refractivity contribution is 7.07. The lowest BCUT2D eigenvalue weighted by Gasteiger charge is -2.24. The standard InChI is InChI=1S/C35H35N3O7S/c1-6-43-28-18-23(14-17-27(28)45-20-30(39)37-25-10-8-9-11-26(25)42-5)19-29-33(40)38-32(24-15-12-21(3)13-16-24)31(34(41)44-7-2)22(4)36-35(38)46-29/h8-19,32H,6-7,20H2,1-5H3,(H,37,39)/b29-19+/t32-/m1/s1. The van der Waals surface area contributed by atoms with E-state index in [9.17, 15) is 14.4 Å². The van der Waals surface area contributed by atoms with Crippen LogP contribution in [0.25, 0.3) is 6.08 Å². The molecule has 2 heterocycles. The third-order valence-electron chi connectivity index (χ3n) is 7.22. The number of allylic oxidation sites excluding steroid dienone is 1. The highest BCUT2D eigenvalue weighted by Crippen LogP contribution is 2.32. The van der Waals surface area contributed by atoms with Gasteiger partial charge in [-0.05, 0) is 69.2 Å². The van der Waals surface area contributed by atoms with E-state index in [1.165, 1.54) is 18.4 Å². The number of hydrogen-bond acceptors (Lipinski definition) is 9. The fraction of sp³-hybridized carbons (Fsp3) is 0.257. The summed E-state index contributed by atoms with van der Waals surface area (Å²) < 4.78 is 24.3. The van der Waals surface area contributed by atoms with Gasteiger partial charge >= 0.3 is 5.97 Å². The second-order valence-electron chi connectivity index (χ2n) is 10.4. The van der Waals surface area contributed by atoms with Gasteiger partial charge in [0, 0.05) is 0 Å². The van der Waals surface area contributed by atoms with Crippen LogP contribution in [0.5, 0.6) is 17.2 Å². The van der Waals surface area contributed by atoms with Crippen molar-refractivity contribution in [2.45, 2.75) is 33.7 Å². The number of aromatic nitrogens is 1. The summed E-state index contributed by atoms with van der Waals surface area (Å²) in [6.45, 7) is 7.64. The summed E-state index contributed by atoms with van der Waals surface area (Å²) >= 11 is 1.24. The second kappa shape index (κ2) is 14.3. The predicted octanol–water partition coefficient (Wildman–Crippen LogP) is 4.53. The van der Waals surface area contributed by atoms with Gasteiger partial charge in [0.25, 0.3) is 11.5 Å². The van der Waals surface area contributed by atoms with E-state index in [1.54, 1.807) is 60.9 Å². The summed E-state index contributed by atoms with van der Waals surface area (Å²) in [5.74, 6) is 0.477. The number of amides is 1. The van der Waals surface area contributed by atoms with E-state index in [1.807, 2.05) is 44.2 Å². The summed E-state index contributed by atoms with van der Waals surface area (Å²) in [5.41, 5.74) is 3.62. The first kappa shape index (κ1) is 32.2. The number of nitrogens with one attached hydrogen (secondary N) is 1. The number of hydrogen-bond donors (Lipinski definition) is 1. The Labute approximate surface area is 270 Å². The molecular weight excluding hydrogens is 606 g/mol. The Kier molecular flexibility index (Phi) is 10.0. The molecule has 1 aliphatic heterocycles. The predicted molar refractivity (Wildman–Crippen MR) is 176 cm³/mol. The van der Waals surface area contributed by atoms with Gasteiger partial charge in [-0.1, -0.05) is 59.4 Å². The number of aryl methyl sites for hydroxylation is 1. The van der Waals surface area contributed by atoms with Crippen LogP contribution < -0.4 is 34.4 Å². The summed E-state index contributed by atoms with van der Waals surface area (Å²) in [6.07, 6.45) is 1.75. The monoisotopic (exact) mass is 641 g/mol. The Balaban J connectivity index is 1.46. The molecule has 1 aromatic heterocycles. The van der Waals surface area contributed by atoms with Crippen LogP contribution in [0, 0.1) is 6.92 Å².